The fourth-order valence-corrected chi connectivity index (χ4v) is 12.9. The highest BCUT2D eigenvalue weighted by molar-refractivity contribution is 6.40. The van der Waals surface area contributed by atoms with Crippen LogP contribution in [0.5, 0.6) is 0 Å². The van der Waals surface area contributed by atoms with Crippen LogP contribution in [0.25, 0.3) is 11.1 Å². The van der Waals surface area contributed by atoms with E-state index in [1.165, 1.54) is 36.1 Å². The first-order valence-corrected chi connectivity index (χ1v) is 41.0. The van der Waals surface area contributed by atoms with Crippen LogP contribution in [-0.2, 0) is 112 Å². The minimum atomic E-state index is -1.20. The summed E-state index contributed by atoms with van der Waals surface area (Å²) in [5, 5.41) is 24.4. The first kappa shape index (κ1) is 94.5. The molecule has 6 amide bonds. The van der Waals surface area contributed by atoms with Crippen LogP contribution in [-0.4, -0.2) is 102 Å². The van der Waals surface area contributed by atoms with Crippen molar-refractivity contribution >= 4 is 53.0 Å². The average Bonchev–Trinajstić information content (AvgIpc) is 1.61. The number of rotatable bonds is 34. The first-order chi connectivity index (χ1) is 58.2. The van der Waals surface area contributed by atoms with Crippen LogP contribution in [0.2, 0.25) is 0 Å². The van der Waals surface area contributed by atoms with Crippen LogP contribution < -0.4 is 37.6 Å². The first-order valence-electron chi connectivity index (χ1n) is 41.0. The third kappa shape index (κ3) is 31.3. The number of amides is 6. The largest absolute Gasteiger partial charge is 0.480 e. The monoisotopic (exact) mass is 1640 g/mol. The Hall–Kier alpha value is -12.0. The van der Waals surface area contributed by atoms with Gasteiger partial charge in [-0.3, -0.25) is 28.8 Å². The van der Waals surface area contributed by atoms with E-state index in [1.807, 2.05) is 293 Å². The van der Waals surface area contributed by atoms with Crippen LogP contribution in [0.1, 0.15) is 157 Å². The van der Waals surface area contributed by atoms with Gasteiger partial charge in [0.1, 0.15) is 18.7 Å². The van der Waals surface area contributed by atoms with Crippen LogP contribution in [0.3, 0.4) is 0 Å². The number of aliphatic carboxylic acids is 1. The zero-order valence-corrected chi connectivity index (χ0v) is 71.1. The molecule has 0 aliphatic heterocycles. The van der Waals surface area contributed by atoms with E-state index in [1.54, 1.807) is 24.3 Å². The van der Waals surface area contributed by atoms with Crippen molar-refractivity contribution in [3.63, 3.8) is 0 Å². The van der Waals surface area contributed by atoms with E-state index < -0.39 is 78.6 Å². The van der Waals surface area contributed by atoms with E-state index >= 15 is 0 Å². The zero-order valence-electron chi connectivity index (χ0n) is 71.1. The van der Waals surface area contributed by atoms with Crippen LogP contribution in [0, 0.1) is 0 Å². The molecular formula is C99H117N7O15. The summed E-state index contributed by atoms with van der Waals surface area (Å²) in [5.41, 5.74) is 19.6. The topological polar surface area (TPSA) is 303 Å². The Balaban J connectivity index is 0.000000210. The molecule has 9 N–H and O–H groups in total. The molecule has 0 saturated carbocycles. The van der Waals surface area contributed by atoms with Gasteiger partial charge in [-0.1, -0.05) is 329 Å². The summed E-state index contributed by atoms with van der Waals surface area (Å²) in [6.45, 7) is 23.4. The molecule has 0 radical (unpaired) electrons. The summed E-state index contributed by atoms with van der Waals surface area (Å²) in [5.74, 6) is -5.26. The van der Waals surface area contributed by atoms with Crippen molar-refractivity contribution in [3.8, 4) is 11.1 Å². The number of ether oxygens (including phenoxy) is 7. The molecule has 0 heterocycles. The third-order valence-corrected chi connectivity index (χ3v) is 19.7. The Bertz CT molecular complexity index is 4650. The van der Waals surface area contributed by atoms with Gasteiger partial charge in [0.25, 0.3) is 0 Å². The number of carbonyl (C=O) groups is 7. The lowest BCUT2D eigenvalue weighted by Gasteiger charge is -2.29. The molecule has 638 valence electrons. The summed E-state index contributed by atoms with van der Waals surface area (Å²) in [7, 11) is 0. The minimum absolute atomic E-state index is 0.00712. The van der Waals surface area contributed by atoms with Gasteiger partial charge in [0.15, 0.2) is 18.9 Å². The summed E-state index contributed by atoms with van der Waals surface area (Å²) in [6.07, 6.45) is -0.298. The molecule has 0 aromatic heterocycles. The molecule has 11 rings (SSSR count). The van der Waals surface area contributed by atoms with Crippen molar-refractivity contribution in [2.24, 2.45) is 5.73 Å². The summed E-state index contributed by atoms with van der Waals surface area (Å²) < 4.78 is 42.1. The number of nitrogens with two attached hydrogens (primary N) is 1. The van der Waals surface area contributed by atoms with Gasteiger partial charge in [-0.2, -0.15) is 0 Å². The molecule has 5 atom stereocenters. The third-order valence-electron chi connectivity index (χ3n) is 19.7. The predicted octanol–water partition coefficient (Wildman–Crippen LogP) is 17.1. The quantitative estimate of drug-likeness (QED) is 0.0137. The lowest BCUT2D eigenvalue weighted by atomic mass is 9.86. The molecule has 22 heteroatoms. The van der Waals surface area contributed by atoms with Gasteiger partial charge >= 0.3 is 35.7 Å². The highest BCUT2D eigenvalue weighted by atomic mass is 16.7. The maximum Gasteiger partial charge on any atom is 0.407 e. The van der Waals surface area contributed by atoms with E-state index in [0.717, 1.165) is 50.9 Å². The van der Waals surface area contributed by atoms with Crippen molar-refractivity contribution in [2.75, 3.05) is 17.2 Å². The molecule has 0 bridgehead atoms. The molecule has 1 aliphatic rings. The van der Waals surface area contributed by atoms with Gasteiger partial charge in [0.2, 0.25) is 5.91 Å². The number of hydrogen-bond acceptors (Lipinski definition) is 15. The van der Waals surface area contributed by atoms with Crippen LogP contribution in [0.15, 0.2) is 279 Å². The Morgan fingerprint density at radius 2 is 0.645 bits per heavy atom. The van der Waals surface area contributed by atoms with Gasteiger partial charge in [-0.15, -0.1) is 0 Å². The number of carboxylic acid groups (broad SMARTS) is 1. The van der Waals surface area contributed by atoms with Gasteiger partial charge in [0, 0.05) is 17.3 Å². The van der Waals surface area contributed by atoms with E-state index in [9.17, 15) is 33.6 Å². The lowest BCUT2D eigenvalue weighted by Crippen LogP contribution is -2.53. The molecule has 0 unspecified atom stereocenters. The second kappa shape index (κ2) is 48.9. The summed E-state index contributed by atoms with van der Waals surface area (Å²) >= 11 is 0. The van der Waals surface area contributed by atoms with E-state index in [0.29, 0.717) is 63.9 Å². The lowest BCUT2D eigenvalue weighted by molar-refractivity contribution is -0.176. The zero-order chi connectivity index (χ0) is 87.1. The Morgan fingerprint density at radius 3 is 0.959 bits per heavy atom. The molecule has 0 fully saturated rings. The molecule has 0 spiro atoms. The van der Waals surface area contributed by atoms with E-state index in [-0.39, 0.29) is 35.4 Å². The minimum Gasteiger partial charge on any atom is -0.480 e. The second-order valence-electron chi connectivity index (χ2n) is 31.2. The van der Waals surface area contributed by atoms with Crippen molar-refractivity contribution in [2.45, 2.75) is 201 Å². The number of carboxylic acids is 1. The fraction of sp³-hybridized carbons (Fsp3) is 0.323. The van der Waals surface area contributed by atoms with Crippen LogP contribution >= 0.6 is 0 Å². The Morgan fingerprint density at radius 1 is 0.355 bits per heavy atom. The SMILES string of the molecule is CC[C@@H](NC(=O)OCC1c2ccccc2-c2ccccc21)C(OCc1ccccc1)OCc1ccccc1.CC[C@H](N)C(OCc1ccccc1)OCc1ccccc1.CC[C@H](NC(=O)[C@H](C)NC(=O)C(=O)Nc1ccccc1C(C)(C)C)C(OCc1ccccc1)OCc1ccccc1.C[C@H](NC(=O)C(=O)Nc1ccccc1C(C)(C)C)C(=O)O. The molecule has 10 aromatic rings. The number of carbonyl (C=O) groups excluding carboxylic acids is 6. The summed E-state index contributed by atoms with van der Waals surface area (Å²) in [6, 6.07) is 87.4. The maximum atomic E-state index is 13.1. The fourth-order valence-electron chi connectivity index (χ4n) is 12.9. The van der Waals surface area contributed by atoms with Crippen molar-refractivity contribution in [1.82, 2.24) is 21.3 Å². The van der Waals surface area contributed by atoms with E-state index in [4.69, 9.17) is 44.0 Å². The molecular weight excluding hydrogens is 1530 g/mol. The Labute approximate surface area is 712 Å². The molecule has 0 saturated heterocycles. The van der Waals surface area contributed by atoms with Crippen LogP contribution in [0.4, 0.5) is 16.2 Å². The Kier molecular flexibility index (Phi) is 38.2. The van der Waals surface area contributed by atoms with Crippen molar-refractivity contribution in [1.29, 1.82) is 0 Å². The number of nitrogens with one attached hydrogen (secondary N) is 6. The number of anilines is 2. The highest BCUT2D eigenvalue weighted by Crippen LogP contribution is 2.45. The number of fused-ring (bicyclic) bond motifs is 3. The van der Waals surface area contributed by atoms with Gasteiger partial charge < -0.3 is 75.9 Å². The average molecular weight is 1650 g/mol. The molecule has 121 heavy (non-hydrogen) atoms. The van der Waals surface area contributed by atoms with Crippen molar-refractivity contribution in [3.05, 3.63) is 335 Å². The second-order valence-corrected chi connectivity index (χ2v) is 31.2. The molecule has 22 nitrogen and oxygen atoms in total. The maximum absolute atomic E-state index is 13.1. The standard InChI is InChI=1S/C33H41N3O5.C33H33NO4.C18H23NO2.C15H20N2O4/c1-6-27(32(40-21-24-15-9-7-10-16-24)41-22-25-17-11-8-12-18-25)35-29(37)23(2)34-30(38)31(39)36-28-20-14-13-19-26(28)33(3,4)5;1-2-31(32(36-21-24-13-5-3-6-14-24)37-22-25-15-7-4-8-16-25)34-33(35)38-23-30-28-19-11-9-17-26(28)27-18-10-12-20-29(27)30;1-2-17(19)18(20-13-15-9-5-3-6-10-15)21-14-16-11-7-4-8-12-16;1-9(14(20)21)16-12(18)13(19)17-11-8-6-5-7-10(11)15(2,3)4/h7-20,23,27,32H,6,21-22H2,1-5H3,(H,34,38)(H,35,37)(H,36,39);3-20,30-32H,2,21-23H2,1H3,(H,34,35);3-12,17-18H,2,13-14,19H2,1H3;5-9H,1-4H3,(H,16,18)(H,17,19)(H,20,21)/t23-,27-;31-;17-;9-/m0100/s1. The van der Waals surface area contributed by atoms with Gasteiger partial charge in [-0.25, -0.2) is 4.79 Å². The van der Waals surface area contributed by atoms with Gasteiger partial charge in [-0.05, 0) is 123 Å². The van der Waals surface area contributed by atoms with Gasteiger partial charge in [0.05, 0.1) is 57.8 Å². The predicted molar refractivity (Wildman–Crippen MR) is 472 cm³/mol. The number of benzene rings is 10. The number of para-hydroxylation sites is 2. The van der Waals surface area contributed by atoms with Crippen molar-refractivity contribution < 1.29 is 71.8 Å². The number of alkyl carbamates (subject to hydrolysis) is 1. The number of hydrogen-bond donors (Lipinski definition) is 8. The smallest absolute Gasteiger partial charge is 0.407 e. The molecule has 1 aliphatic carbocycles. The molecule has 10 aromatic carbocycles. The summed E-state index contributed by atoms with van der Waals surface area (Å²) in [4.78, 5) is 85.6. The highest BCUT2D eigenvalue weighted by Gasteiger charge is 2.33. The normalized spacial score (nSPS) is 12.8. The van der Waals surface area contributed by atoms with E-state index in [2.05, 4.69) is 56.2 Å².